The minimum Gasteiger partial charge on any atom is -0.351 e. The molecule has 2 atom stereocenters. The van der Waals surface area contributed by atoms with E-state index in [1.54, 1.807) is 29.7 Å². The maximum atomic E-state index is 11.5. The van der Waals surface area contributed by atoms with Crippen molar-refractivity contribution < 1.29 is 8.42 Å². The fourth-order valence-corrected chi connectivity index (χ4v) is 5.78. The maximum Gasteiger partial charge on any atom is 0.229 e. The van der Waals surface area contributed by atoms with Crippen molar-refractivity contribution >= 4 is 66.0 Å². The number of thiocarbonyl (C=S) groups is 1. The third-order valence-electron chi connectivity index (χ3n) is 4.43. The molecule has 0 amide bonds. The van der Waals surface area contributed by atoms with E-state index in [0.717, 1.165) is 26.3 Å². The van der Waals surface area contributed by atoms with Gasteiger partial charge in [-0.3, -0.25) is 9.71 Å². The van der Waals surface area contributed by atoms with Gasteiger partial charge in [0.15, 0.2) is 5.11 Å². The molecule has 29 heavy (non-hydrogen) atoms. The van der Waals surface area contributed by atoms with Crippen LogP contribution in [0.1, 0.15) is 22.7 Å². The van der Waals surface area contributed by atoms with Crippen LogP contribution < -0.4 is 14.9 Å². The summed E-state index contributed by atoms with van der Waals surface area (Å²) in [7, 11) is -3.33. The van der Waals surface area contributed by atoms with E-state index in [4.69, 9.17) is 12.2 Å². The van der Waals surface area contributed by atoms with Crippen LogP contribution in [0.2, 0.25) is 0 Å². The van der Waals surface area contributed by atoms with Gasteiger partial charge in [-0.2, -0.15) is 0 Å². The summed E-state index contributed by atoms with van der Waals surface area (Å²) in [6, 6.07) is 16.9. The fraction of sp³-hybridized carbons (Fsp3) is 0.158. The van der Waals surface area contributed by atoms with Crippen molar-refractivity contribution in [1.82, 2.24) is 10.3 Å². The monoisotopic (exact) mass is 508 g/mol. The molecule has 1 aromatic carbocycles. The molecule has 2 aromatic heterocycles. The van der Waals surface area contributed by atoms with Crippen LogP contribution >= 0.6 is 39.5 Å². The van der Waals surface area contributed by atoms with Gasteiger partial charge >= 0.3 is 0 Å². The van der Waals surface area contributed by atoms with Crippen LogP contribution in [0.15, 0.2) is 64.6 Å². The normalized spacial score (nSPS) is 19.2. The molecule has 0 aliphatic carbocycles. The number of halogens is 1. The SMILES string of the molecule is CS(=O)(=O)Nc1ccc(N2C(=S)N[C@H](c3ccccn3)[C@H]2c2ccc(Br)s2)cc1. The van der Waals surface area contributed by atoms with Crippen molar-refractivity contribution in [2.24, 2.45) is 0 Å². The van der Waals surface area contributed by atoms with Crippen LogP contribution in [0.25, 0.3) is 0 Å². The Hall–Kier alpha value is -2.01. The molecule has 0 bridgehead atoms. The molecule has 0 saturated carbocycles. The van der Waals surface area contributed by atoms with Gasteiger partial charge in [0.1, 0.15) is 0 Å². The second-order valence-corrected chi connectivity index (χ2v) is 11.2. The zero-order chi connectivity index (χ0) is 20.6. The predicted octanol–water partition coefficient (Wildman–Crippen LogP) is 4.45. The third kappa shape index (κ3) is 4.45. The van der Waals surface area contributed by atoms with Crippen LogP contribution in [-0.2, 0) is 10.0 Å². The molecule has 3 heterocycles. The van der Waals surface area contributed by atoms with E-state index in [-0.39, 0.29) is 12.1 Å². The zero-order valence-electron chi connectivity index (χ0n) is 15.2. The molecule has 1 aliphatic rings. The first-order chi connectivity index (χ1) is 13.8. The Kier molecular flexibility index (Phi) is 5.60. The molecule has 4 rings (SSSR count). The van der Waals surface area contributed by atoms with Gasteiger partial charge in [-0.15, -0.1) is 11.3 Å². The summed E-state index contributed by atoms with van der Waals surface area (Å²) < 4.78 is 26.5. The molecule has 3 aromatic rings. The van der Waals surface area contributed by atoms with E-state index in [2.05, 4.69) is 41.9 Å². The second kappa shape index (κ2) is 8.02. The second-order valence-electron chi connectivity index (χ2n) is 6.56. The fourth-order valence-electron chi connectivity index (χ4n) is 3.31. The van der Waals surface area contributed by atoms with Gasteiger partial charge in [0.25, 0.3) is 0 Å². The number of nitrogens with zero attached hydrogens (tertiary/aromatic N) is 2. The third-order valence-corrected chi connectivity index (χ3v) is 7.05. The molecular formula is C19H17BrN4O2S3. The van der Waals surface area contributed by atoms with Crippen LogP contribution in [0.5, 0.6) is 0 Å². The molecule has 0 radical (unpaired) electrons. The van der Waals surface area contributed by atoms with E-state index < -0.39 is 10.0 Å². The van der Waals surface area contributed by atoms with E-state index in [1.807, 2.05) is 36.4 Å². The van der Waals surface area contributed by atoms with Crippen molar-refractivity contribution in [2.45, 2.75) is 12.1 Å². The highest BCUT2D eigenvalue weighted by molar-refractivity contribution is 9.11. The quantitative estimate of drug-likeness (QED) is 0.495. The molecular weight excluding hydrogens is 492 g/mol. The summed E-state index contributed by atoms with van der Waals surface area (Å²) in [5.41, 5.74) is 2.28. The van der Waals surface area contributed by atoms with Crippen molar-refractivity contribution in [3.8, 4) is 0 Å². The minimum absolute atomic E-state index is 0.0811. The molecule has 0 spiro atoms. The highest BCUT2D eigenvalue weighted by Crippen LogP contribution is 2.44. The van der Waals surface area contributed by atoms with E-state index in [0.29, 0.717) is 10.8 Å². The van der Waals surface area contributed by atoms with Gasteiger partial charge in [0.2, 0.25) is 10.0 Å². The molecule has 10 heteroatoms. The molecule has 1 saturated heterocycles. The van der Waals surface area contributed by atoms with E-state index >= 15 is 0 Å². The summed E-state index contributed by atoms with van der Waals surface area (Å²) >= 11 is 10.9. The first-order valence-electron chi connectivity index (χ1n) is 8.65. The first-order valence-corrected chi connectivity index (χ1v) is 12.6. The average molecular weight is 509 g/mol. The number of pyridine rings is 1. The predicted molar refractivity (Wildman–Crippen MR) is 125 cm³/mol. The maximum absolute atomic E-state index is 11.5. The number of hydrogen-bond acceptors (Lipinski definition) is 5. The number of aromatic nitrogens is 1. The Morgan fingerprint density at radius 1 is 1.17 bits per heavy atom. The number of nitrogens with one attached hydrogen (secondary N) is 2. The average Bonchev–Trinajstić information content (AvgIpc) is 3.25. The molecule has 6 nitrogen and oxygen atoms in total. The number of sulfonamides is 1. The number of anilines is 2. The summed E-state index contributed by atoms with van der Waals surface area (Å²) in [5, 5.41) is 4.00. The topological polar surface area (TPSA) is 74.3 Å². The van der Waals surface area contributed by atoms with E-state index in [1.165, 1.54) is 0 Å². The van der Waals surface area contributed by atoms with Gasteiger partial charge in [-0.1, -0.05) is 6.07 Å². The van der Waals surface area contributed by atoms with Crippen LogP contribution in [0.3, 0.4) is 0 Å². The lowest BCUT2D eigenvalue weighted by molar-refractivity contribution is 0.575. The molecule has 150 valence electrons. The summed E-state index contributed by atoms with van der Waals surface area (Å²) in [6.07, 6.45) is 2.90. The van der Waals surface area contributed by atoms with Crippen LogP contribution in [0, 0.1) is 0 Å². The lowest BCUT2D eigenvalue weighted by atomic mass is 10.0. The Labute approximate surface area is 187 Å². The highest BCUT2D eigenvalue weighted by Gasteiger charge is 2.41. The number of benzene rings is 1. The standard InChI is InChI=1S/C19H17BrN4O2S3/c1-29(25,26)23-12-5-7-13(8-6-12)24-18(15-9-10-16(20)28-15)17(22-19(24)27)14-4-2-3-11-21-14/h2-11,17-18,23H,1H3,(H,22,27)/t17-,18-/m1/s1. The summed E-state index contributed by atoms with van der Waals surface area (Å²) in [6.45, 7) is 0. The molecule has 2 N–H and O–H groups in total. The van der Waals surface area contributed by atoms with Crippen LogP contribution in [-0.4, -0.2) is 24.8 Å². The highest BCUT2D eigenvalue weighted by atomic mass is 79.9. The van der Waals surface area contributed by atoms with Crippen LogP contribution in [0.4, 0.5) is 11.4 Å². The van der Waals surface area contributed by atoms with Crippen molar-refractivity contribution in [2.75, 3.05) is 15.9 Å². The Balaban J connectivity index is 1.73. The first kappa shape index (κ1) is 20.3. The summed E-state index contributed by atoms with van der Waals surface area (Å²) in [5.74, 6) is 0. The number of rotatable bonds is 5. The molecule has 1 aliphatic heterocycles. The minimum atomic E-state index is -3.33. The van der Waals surface area contributed by atoms with Gasteiger partial charge in [-0.05, 0) is 76.7 Å². The Morgan fingerprint density at radius 2 is 1.93 bits per heavy atom. The van der Waals surface area contributed by atoms with Crippen molar-refractivity contribution in [1.29, 1.82) is 0 Å². The lowest BCUT2D eigenvalue weighted by Crippen LogP contribution is -2.29. The van der Waals surface area contributed by atoms with Gasteiger partial charge in [0, 0.05) is 22.4 Å². The smallest absolute Gasteiger partial charge is 0.229 e. The van der Waals surface area contributed by atoms with Gasteiger partial charge in [-0.25, -0.2) is 8.42 Å². The van der Waals surface area contributed by atoms with Gasteiger partial charge in [0.05, 0.1) is 27.8 Å². The Morgan fingerprint density at radius 3 is 2.52 bits per heavy atom. The molecule has 0 unspecified atom stereocenters. The largest absolute Gasteiger partial charge is 0.351 e. The zero-order valence-corrected chi connectivity index (χ0v) is 19.3. The van der Waals surface area contributed by atoms with E-state index in [9.17, 15) is 8.42 Å². The number of hydrogen-bond donors (Lipinski definition) is 2. The Bertz CT molecular complexity index is 1130. The molecule has 1 fully saturated rings. The van der Waals surface area contributed by atoms with Gasteiger partial charge < -0.3 is 10.2 Å². The lowest BCUT2D eigenvalue weighted by Gasteiger charge is -2.27. The summed E-state index contributed by atoms with van der Waals surface area (Å²) in [4.78, 5) is 7.72. The van der Waals surface area contributed by atoms with Crippen molar-refractivity contribution in [3.63, 3.8) is 0 Å². The van der Waals surface area contributed by atoms with Crippen molar-refractivity contribution in [3.05, 3.63) is 75.2 Å². The number of thiophene rings is 1.